The van der Waals surface area contributed by atoms with E-state index in [-0.39, 0.29) is 0 Å². The quantitative estimate of drug-likeness (QED) is 0.167. The van der Waals surface area contributed by atoms with Crippen LogP contribution in [0.4, 0.5) is 34.1 Å². The lowest BCUT2D eigenvalue weighted by Crippen LogP contribution is -2.10. The zero-order chi connectivity index (χ0) is 34.4. The highest BCUT2D eigenvalue weighted by Crippen LogP contribution is 2.46. The third kappa shape index (κ3) is 5.20. The van der Waals surface area contributed by atoms with Crippen LogP contribution >= 0.6 is 11.3 Å². The lowest BCUT2D eigenvalue weighted by atomic mass is 10.0. The molecule has 0 aliphatic heterocycles. The highest BCUT2D eigenvalue weighted by molar-refractivity contribution is 7.25. The molecule has 0 saturated heterocycles. The van der Waals surface area contributed by atoms with Gasteiger partial charge in [0.1, 0.15) is 11.2 Å². The van der Waals surface area contributed by atoms with E-state index >= 15 is 0 Å². The van der Waals surface area contributed by atoms with Crippen LogP contribution in [0, 0.1) is 0 Å². The number of para-hydroxylation sites is 2. The van der Waals surface area contributed by atoms with Gasteiger partial charge in [0.25, 0.3) is 0 Å². The maximum Gasteiger partial charge on any atom is 0.137 e. The summed E-state index contributed by atoms with van der Waals surface area (Å²) in [4.78, 5) is 4.65. The minimum Gasteiger partial charge on any atom is -0.456 e. The Balaban J connectivity index is 1.16. The molecule has 0 radical (unpaired) electrons. The molecule has 52 heavy (non-hydrogen) atoms. The smallest absolute Gasteiger partial charge is 0.137 e. The van der Waals surface area contributed by atoms with Crippen LogP contribution in [0.1, 0.15) is 0 Å². The SMILES string of the molecule is c1ccc(-c2ccc(N(c3ccc4sc5ccccc5c4c3)c3cccc4oc5cc(N(c6ccccc6)c6ccccc6)ccc5c34)cc2)cc1. The van der Waals surface area contributed by atoms with Gasteiger partial charge in [-0.3, -0.25) is 0 Å². The van der Waals surface area contributed by atoms with E-state index in [1.807, 2.05) is 11.3 Å². The molecule has 10 rings (SSSR count). The third-order valence-corrected chi connectivity index (χ3v) is 11.0. The lowest BCUT2D eigenvalue weighted by molar-refractivity contribution is 0.669. The van der Waals surface area contributed by atoms with E-state index in [1.54, 1.807) is 0 Å². The zero-order valence-corrected chi connectivity index (χ0v) is 29.0. The molecular weight excluding hydrogens is 653 g/mol. The number of anilines is 6. The molecule has 0 atom stereocenters. The van der Waals surface area contributed by atoms with Gasteiger partial charge in [0.05, 0.1) is 11.1 Å². The fraction of sp³-hybridized carbons (Fsp3) is 0. The molecule has 0 aliphatic rings. The minimum absolute atomic E-state index is 0.843. The summed E-state index contributed by atoms with van der Waals surface area (Å²) in [7, 11) is 0. The van der Waals surface area contributed by atoms with Crippen molar-refractivity contribution in [1.82, 2.24) is 0 Å². The molecule has 3 nitrogen and oxygen atoms in total. The minimum atomic E-state index is 0.843. The number of hydrogen-bond donors (Lipinski definition) is 0. The van der Waals surface area contributed by atoms with Gasteiger partial charge in [0, 0.05) is 60.1 Å². The molecule has 2 aromatic heterocycles. The molecule has 0 unspecified atom stereocenters. The topological polar surface area (TPSA) is 19.6 Å². The highest BCUT2D eigenvalue weighted by atomic mass is 32.1. The maximum absolute atomic E-state index is 6.72. The zero-order valence-electron chi connectivity index (χ0n) is 28.2. The van der Waals surface area contributed by atoms with E-state index < -0.39 is 0 Å². The fourth-order valence-electron chi connectivity index (χ4n) is 7.44. The van der Waals surface area contributed by atoms with E-state index in [9.17, 15) is 0 Å². The van der Waals surface area contributed by atoms with Crippen LogP contribution in [0.15, 0.2) is 199 Å². The van der Waals surface area contributed by atoms with Crippen LogP contribution in [0.5, 0.6) is 0 Å². The Morgan fingerprint density at radius 1 is 0.346 bits per heavy atom. The van der Waals surface area contributed by atoms with Crippen LogP contribution in [0.3, 0.4) is 0 Å². The number of hydrogen-bond acceptors (Lipinski definition) is 4. The van der Waals surface area contributed by atoms with Crippen molar-refractivity contribution in [1.29, 1.82) is 0 Å². The summed E-state index contributed by atoms with van der Waals surface area (Å²) >= 11 is 1.84. The summed E-state index contributed by atoms with van der Waals surface area (Å²) in [5.41, 5.74) is 10.5. The van der Waals surface area contributed by atoms with Gasteiger partial charge in [0.2, 0.25) is 0 Å². The summed E-state index contributed by atoms with van der Waals surface area (Å²) < 4.78 is 9.30. The molecular formula is C48H32N2OS. The third-order valence-electron chi connectivity index (χ3n) is 9.84. The number of thiophene rings is 1. The molecule has 0 fully saturated rings. The summed E-state index contributed by atoms with van der Waals surface area (Å²) in [5, 5.41) is 4.70. The molecule has 0 N–H and O–H groups in total. The molecule has 10 aromatic rings. The molecule has 0 bridgehead atoms. The molecule has 8 aromatic carbocycles. The first kappa shape index (κ1) is 30.2. The van der Waals surface area contributed by atoms with Crippen LogP contribution in [0.2, 0.25) is 0 Å². The van der Waals surface area contributed by atoms with Crippen molar-refractivity contribution in [3.63, 3.8) is 0 Å². The van der Waals surface area contributed by atoms with Gasteiger partial charge in [-0.05, 0) is 96.1 Å². The molecule has 4 heteroatoms. The Hall–Kier alpha value is -6.62. The van der Waals surface area contributed by atoms with Crippen molar-refractivity contribution in [2.75, 3.05) is 9.80 Å². The number of rotatable bonds is 7. The van der Waals surface area contributed by atoms with Crippen LogP contribution in [-0.4, -0.2) is 0 Å². The van der Waals surface area contributed by atoms with Gasteiger partial charge >= 0.3 is 0 Å². The van der Waals surface area contributed by atoms with Crippen LogP contribution in [-0.2, 0) is 0 Å². The van der Waals surface area contributed by atoms with Crippen molar-refractivity contribution in [2.45, 2.75) is 0 Å². The standard InChI is InChI=1S/C48H32N2OS/c1-4-13-33(14-5-1)34-23-25-37(26-24-34)50(38-28-30-47-42(31-38)40-19-10-11-22-46(40)52-47)43-20-12-21-44-48(43)41-29-27-39(32-45(41)51-44)49(35-15-6-2-7-16-35)36-17-8-3-9-18-36/h1-32H. The Bertz CT molecular complexity index is 2800. The van der Waals surface area contributed by atoms with Gasteiger partial charge in [-0.15, -0.1) is 11.3 Å². The second-order valence-electron chi connectivity index (χ2n) is 13.0. The Kier molecular flexibility index (Phi) is 7.33. The monoisotopic (exact) mass is 684 g/mol. The van der Waals surface area contributed by atoms with Gasteiger partial charge in [-0.25, -0.2) is 0 Å². The van der Waals surface area contributed by atoms with Gasteiger partial charge < -0.3 is 14.2 Å². The van der Waals surface area contributed by atoms with Crippen molar-refractivity contribution in [3.8, 4) is 11.1 Å². The van der Waals surface area contributed by atoms with E-state index in [2.05, 4.69) is 204 Å². The van der Waals surface area contributed by atoms with Gasteiger partial charge in [-0.1, -0.05) is 103 Å². The molecule has 0 saturated carbocycles. The van der Waals surface area contributed by atoms with E-state index in [4.69, 9.17) is 4.42 Å². The second-order valence-corrected chi connectivity index (χ2v) is 14.1. The first-order valence-corrected chi connectivity index (χ1v) is 18.3. The predicted molar refractivity (Wildman–Crippen MR) is 221 cm³/mol. The Morgan fingerprint density at radius 3 is 1.67 bits per heavy atom. The largest absolute Gasteiger partial charge is 0.456 e. The molecule has 0 spiro atoms. The maximum atomic E-state index is 6.72. The summed E-state index contributed by atoms with van der Waals surface area (Å²) in [6.45, 7) is 0. The number of nitrogens with zero attached hydrogens (tertiary/aromatic N) is 2. The number of benzene rings is 8. The van der Waals surface area contributed by atoms with Crippen LogP contribution < -0.4 is 9.80 Å². The first-order valence-electron chi connectivity index (χ1n) is 17.5. The lowest BCUT2D eigenvalue weighted by Gasteiger charge is -2.27. The van der Waals surface area contributed by atoms with Crippen molar-refractivity contribution in [2.24, 2.45) is 0 Å². The average molecular weight is 685 g/mol. The van der Waals surface area contributed by atoms with Gasteiger partial charge in [0.15, 0.2) is 0 Å². The van der Waals surface area contributed by atoms with E-state index in [0.29, 0.717) is 0 Å². The molecule has 0 amide bonds. The number of furan rings is 1. The fourth-order valence-corrected chi connectivity index (χ4v) is 8.52. The van der Waals surface area contributed by atoms with Crippen LogP contribution in [0.25, 0.3) is 53.2 Å². The number of fused-ring (bicyclic) bond motifs is 6. The molecule has 2 heterocycles. The average Bonchev–Trinajstić information content (AvgIpc) is 3.78. The first-order chi connectivity index (χ1) is 25.8. The predicted octanol–water partition coefficient (Wildman–Crippen LogP) is 14.6. The molecule has 246 valence electrons. The normalized spacial score (nSPS) is 11.5. The summed E-state index contributed by atoms with van der Waals surface area (Å²) in [6, 6.07) is 69.0. The Labute approximate surface area is 305 Å². The highest BCUT2D eigenvalue weighted by Gasteiger charge is 2.22. The van der Waals surface area contributed by atoms with E-state index in [0.717, 1.165) is 56.1 Å². The van der Waals surface area contributed by atoms with Crippen molar-refractivity contribution < 1.29 is 4.42 Å². The second kappa shape index (κ2) is 12.6. The summed E-state index contributed by atoms with van der Waals surface area (Å²) in [5.74, 6) is 0. The Morgan fingerprint density at radius 2 is 0.923 bits per heavy atom. The summed E-state index contributed by atoms with van der Waals surface area (Å²) in [6.07, 6.45) is 0. The van der Waals surface area contributed by atoms with Crippen molar-refractivity contribution in [3.05, 3.63) is 194 Å². The van der Waals surface area contributed by atoms with Gasteiger partial charge in [-0.2, -0.15) is 0 Å². The van der Waals surface area contributed by atoms with Crippen molar-refractivity contribution >= 4 is 87.6 Å². The molecule has 0 aliphatic carbocycles. The van der Waals surface area contributed by atoms with E-state index in [1.165, 1.54) is 31.3 Å².